The van der Waals surface area contributed by atoms with E-state index in [0.717, 1.165) is 77.7 Å². The van der Waals surface area contributed by atoms with Crippen LogP contribution in [0.15, 0.2) is 52.9 Å². The molecular formula is C26H27ClN6O2. The molecule has 0 bridgehead atoms. The van der Waals surface area contributed by atoms with Crippen LogP contribution in [0.5, 0.6) is 0 Å². The molecule has 180 valence electrons. The van der Waals surface area contributed by atoms with E-state index in [1.165, 1.54) is 0 Å². The molecule has 0 saturated heterocycles. The zero-order valence-electron chi connectivity index (χ0n) is 19.5. The Labute approximate surface area is 208 Å². The normalized spacial score (nSPS) is 11.5. The highest BCUT2D eigenvalue weighted by molar-refractivity contribution is 6.30. The number of aliphatic hydroxyl groups is 1. The molecule has 0 unspecified atom stereocenters. The van der Waals surface area contributed by atoms with E-state index in [-0.39, 0.29) is 6.61 Å². The van der Waals surface area contributed by atoms with Crippen LogP contribution in [0.25, 0.3) is 39.4 Å². The molecule has 0 aliphatic heterocycles. The molecule has 2 aromatic carbocycles. The summed E-state index contributed by atoms with van der Waals surface area (Å²) in [5.41, 5.74) is 4.58. The number of aromatic amines is 1. The Morgan fingerprint density at radius 3 is 2.66 bits per heavy atom. The van der Waals surface area contributed by atoms with Gasteiger partial charge >= 0.3 is 0 Å². The number of H-pyrrole nitrogens is 1. The number of tetrazole rings is 1. The Morgan fingerprint density at radius 2 is 1.89 bits per heavy atom. The van der Waals surface area contributed by atoms with Crippen LogP contribution >= 0.6 is 11.6 Å². The second kappa shape index (κ2) is 10.4. The van der Waals surface area contributed by atoms with Gasteiger partial charge in [-0.25, -0.2) is 4.98 Å². The lowest BCUT2D eigenvalue weighted by Gasteiger charge is -2.09. The van der Waals surface area contributed by atoms with E-state index >= 15 is 0 Å². The summed E-state index contributed by atoms with van der Waals surface area (Å²) in [4.78, 5) is 4.66. The number of imidazole rings is 1. The van der Waals surface area contributed by atoms with Gasteiger partial charge in [0.05, 0.1) is 5.69 Å². The minimum Gasteiger partial charge on any atom is -0.440 e. The van der Waals surface area contributed by atoms with E-state index < -0.39 is 0 Å². The zero-order chi connectivity index (χ0) is 24.2. The van der Waals surface area contributed by atoms with Gasteiger partial charge < -0.3 is 9.52 Å². The number of benzene rings is 2. The lowest BCUT2D eigenvalue weighted by atomic mass is 9.98. The van der Waals surface area contributed by atoms with Crippen LogP contribution in [-0.4, -0.2) is 41.9 Å². The van der Waals surface area contributed by atoms with Crippen LogP contribution in [0, 0.1) is 0 Å². The smallest absolute Gasteiger partial charge is 0.206 e. The molecule has 3 heterocycles. The molecule has 5 aromatic rings. The van der Waals surface area contributed by atoms with Crippen molar-refractivity contribution in [3.05, 3.63) is 65.2 Å². The van der Waals surface area contributed by atoms with Gasteiger partial charge in [0.2, 0.25) is 11.7 Å². The van der Waals surface area contributed by atoms with Gasteiger partial charge in [0.15, 0.2) is 5.15 Å². The van der Waals surface area contributed by atoms with Crippen LogP contribution in [-0.2, 0) is 12.8 Å². The first-order chi connectivity index (χ1) is 17.2. The van der Waals surface area contributed by atoms with Crippen molar-refractivity contribution in [1.82, 2.24) is 30.2 Å². The van der Waals surface area contributed by atoms with E-state index in [0.29, 0.717) is 16.9 Å². The van der Waals surface area contributed by atoms with Crippen LogP contribution < -0.4 is 0 Å². The third-order valence-electron chi connectivity index (χ3n) is 6.12. The molecule has 0 aliphatic carbocycles. The number of furan rings is 1. The van der Waals surface area contributed by atoms with Gasteiger partial charge in [0, 0.05) is 30.0 Å². The van der Waals surface area contributed by atoms with Crippen molar-refractivity contribution in [3.8, 4) is 28.4 Å². The van der Waals surface area contributed by atoms with Gasteiger partial charge in [-0.15, -0.1) is 10.2 Å². The number of aliphatic hydroxyl groups excluding tert-OH is 1. The van der Waals surface area contributed by atoms with Crippen molar-refractivity contribution < 1.29 is 9.52 Å². The van der Waals surface area contributed by atoms with Crippen LogP contribution in [0.4, 0.5) is 0 Å². The molecule has 9 heteroatoms. The molecule has 0 saturated carbocycles. The number of nitrogens with zero attached hydrogens (tertiary/aromatic N) is 5. The maximum absolute atomic E-state index is 9.23. The SMILES string of the molecule is CCCCc1nc(Cl)c(CCCCO)n1-c1cc2ccc(-c3ccccc3-c3nn[nH]n3)cc2o1. The number of aromatic nitrogens is 6. The Morgan fingerprint density at radius 1 is 1.03 bits per heavy atom. The third kappa shape index (κ3) is 4.72. The quantitative estimate of drug-likeness (QED) is 0.240. The highest BCUT2D eigenvalue weighted by atomic mass is 35.5. The molecular weight excluding hydrogens is 464 g/mol. The van der Waals surface area contributed by atoms with Gasteiger partial charge in [-0.2, -0.15) is 5.21 Å². The fourth-order valence-electron chi connectivity index (χ4n) is 4.36. The second-order valence-corrected chi connectivity index (χ2v) is 8.86. The number of rotatable bonds is 10. The van der Waals surface area contributed by atoms with E-state index in [9.17, 15) is 5.11 Å². The van der Waals surface area contributed by atoms with Gasteiger partial charge in [-0.05, 0) is 48.1 Å². The number of halogens is 1. The largest absolute Gasteiger partial charge is 0.440 e. The summed E-state index contributed by atoms with van der Waals surface area (Å²) in [5, 5.41) is 25.2. The number of aryl methyl sites for hydroxylation is 1. The Kier molecular flexibility index (Phi) is 6.92. The Balaban J connectivity index is 1.57. The molecule has 8 nitrogen and oxygen atoms in total. The van der Waals surface area contributed by atoms with E-state index in [4.69, 9.17) is 16.0 Å². The summed E-state index contributed by atoms with van der Waals surface area (Å²) in [5.74, 6) is 2.15. The van der Waals surface area contributed by atoms with Crippen LogP contribution in [0.2, 0.25) is 5.15 Å². The molecule has 3 aromatic heterocycles. The van der Waals surface area contributed by atoms with Gasteiger partial charge in [-0.1, -0.05) is 61.3 Å². The maximum atomic E-state index is 9.23. The number of unbranched alkanes of at least 4 members (excludes halogenated alkanes) is 2. The predicted octanol–water partition coefficient (Wildman–Crippen LogP) is 5.78. The first kappa shape index (κ1) is 23.3. The van der Waals surface area contributed by atoms with Crippen molar-refractivity contribution in [2.45, 2.75) is 45.4 Å². The highest BCUT2D eigenvalue weighted by Crippen LogP contribution is 2.34. The molecule has 0 radical (unpaired) electrons. The lowest BCUT2D eigenvalue weighted by molar-refractivity contribution is 0.284. The van der Waals surface area contributed by atoms with Crippen molar-refractivity contribution in [2.24, 2.45) is 0 Å². The fourth-order valence-corrected chi connectivity index (χ4v) is 4.64. The summed E-state index contributed by atoms with van der Waals surface area (Å²) < 4.78 is 8.45. The minimum atomic E-state index is 0.160. The molecule has 35 heavy (non-hydrogen) atoms. The first-order valence-electron chi connectivity index (χ1n) is 11.9. The topological polar surface area (TPSA) is 106 Å². The number of hydrogen-bond acceptors (Lipinski definition) is 6. The maximum Gasteiger partial charge on any atom is 0.206 e. The Hall–Kier alpha value is -3.49. The predicted molar refractivity (Wildman–Crippen MR) is 136 cm³/mol. The van der Waals surface area contributed by atoms with Crippen molar-refractivity contribution in [1.29, 1.82) is 0 Å². The molecule has 0 fully saturated rings. The van der Waals surface area contributed by atoms with E-state index in [2.05, 4.69) is 49.2 Å². The lowest BCUT2D eigenvalue weighted by Crippen LogP contribution is -2.05. The number of nitrogens with one attached hydrogen (secondary N) is 1. The van der Waals surface area contributed by atoms with Crippen molar-refractivity contribution in [2.75, 3.05) is 6.61 Å². The molecule has 0 aliphatic rings. The molecule has 5 rings (SSSR count). The number of fused-ring (bicyclic) bond motifs is 1. The highest BCUT2D eigenvalue weighted by Gasteiger charge is 2.20. The summed E-state index contributed by atoms with van der Waals surface area (Å²) in [7, 11) is 0. The van der Waals surface area contributed by atoms with Crippen LogP contribution in [0.3, 0.4) is 0 Å². The summed E-state index contributed by atoms with van der Waals surface area (Å²) in [6.45, 7) is 2.32. The summed E-state index contributed by atoms with van der Waals surface area (Å²) in [6.07, 6.45) is 5.16. The van der Waals surface area contributed by atoms with E-state index in [1.807, 2.05) is 36.4 Å². The second-order valence-electron chi connectivity index (χ2n) is 8.50. The zero-order valence-corrected chi connectivity index (χ0v) is 20.3. The Bertz CT molecular complexity index is 1420. The molecule has 0 atom stereocenters. The summed E-state index contributed by atoms with van der Waals surface area (Å²) in [6, 6.07) is 16.2. The van der Waals surface area contributed by atoms with Gasteiger partial charge in [-0.3, -0.25) is 4.57 Å². The standard InChI is InChI=1S/C26H27ClN6O2/c1-2-3-11-23-28-25(27)21(10-6-7-14-34)33(23)24-16-18-13-12-17(15-22(18)35-24)19-8-4-5-9-20(19)26-29-31-32-30-26/h4-5,8-9,12-13,15-16,34H,2-3,6-7,10-11,14H2,1H3,(H,29,30,31,32). The van der Waals surface area contributed by atoms with Crippen molar-refractivity contribution in [3.63, 3.8) is 0 Å². The van der Waals surface area contributed by atoms with E-state index in [1.54, 1.807) is 0 Å². The molecule has 0 amide bonds. The summed E-state index contributed by atoms with van der Waals surface area (Å²) >= 11 is 6.57. The van der Waals surface area contributed by atoms with Crippen LogP contribution in [0.1, 0.15) is 44.1 Å². The average molecular weight is 491 g/mol. The average Bonchev–Trinajstić information content (AvgIpc) is 3.61. The minimum absolute atomic E-state index is 0.160. The van der Waals surface area contributed by atoms with Gasteiger partial charge in [0.25, 0.3) is 0 Å². The number of hydrogen-bond donors (Lipinski definition) is 2. The molecule has 2 N–H and O–H groups in total. The fraction of sp³-hybridized carbons (Fsp3) is 0.308. The van der Waals surface area contributed by atoms with Gasteiger partial charge in [0.1, 0.15) is 11.4 Å². The monoisotopic (exact) mass is 490 g/mol. The molecule has 0 spiro atoms. The third-order valence-corrected chi connectivity index (χ3v) is 6.42. The van der Waals surface area contributed by atoms with Crippen molar-refractivity contribution >= 4 is 22.6 Å². The first-order valence-corrected chi connectivity index (χ1v) is 12.3.